The first-order valence-electron chi connectivity index (χ1n) is 21.4. The topological polar surface area (TPSA) is 108 Å². The number of hydrogen-bond acceptors (Lipinski definition) is 6. The number of aliphatic hydroxyl groups excluding tert-OH is 1. The summed E-state index contributed by atoms with van der Waals surface area (Å²) < 4.78 is 23.1. The smallest absolute Gasteiger partial charge is 0.268 e. The molecular formula is C43H83N2O6P. The first-order valence-corrected chi connectivity index (χ1v) is 22.8. The molecule has 0 bridgehead atoms. The number of hydrogen-bond donors (Lipinski definition) is 2. The predicted molar refractivity (Wildman–Crippen MR) is 219 cm³/mol. The van der Waals surface area contributed by atoms with E-state index in [4.69, 9.17) is 9.05 Å². The number of carbonyl (C=O) groups excluding carboxylic acids is 1. The average Bonchev–Trinajstić information content (AvgIpc) is 3.09. The fraction of sp³-hybridized carbons (Fsp3) is 0.837. The maximum atomic E-state index is 12.8. The number of amides is 1. The first-order chi connectivity index (χ1) is 25.0. The summed E-state index contributed by atoms with van der Waals surface area (Å²) in [6.07, 6.45) is 41.9. The molecule has 0 fully saturated rings. The van der Waals surface area contributed by atoms with Crippen molar-refractivity contribution in [1.82, 2.24) is 5.32 Å². The van der Waals surface area contributed by atoms with Crippen molar-refractivity contribution in [3.8, 4) is 0 Å². The SMILES string of the molecule is CCCCCCCC/C=C/CCCCCCCCCC(=O)N[C@@H](COP(=O)([O-])OCC[N+](C)(C)C)[C@H](O)/C=C/CC/C=C/CCCCCCCCC. The van der Waals surface area contributed by atoms with Gasteiger partial charge >= 0.3 is 0 Å². The summed E-state index contributed by atoms with van der Waals surface area (Å²) in [5.74, 6) is -0.214. The average molecular weight is 755 g/mol. The summed E-state index contributed by atoms with van der Waals surface area (Å²) in [5.41, 5.74) is 0. The van der Waals surface area contributed by atoms with Crippen molar-refractivity contribution in [3.05, 3.63) is 36.5 Å². The summed E-state index contributed by atoms with van der Waals surface area (Å²) in [5, 5.41) is 13.7. The molecule has 52 heavy (non-hydrogen) atoms. The molecule has 0 aromatic heterocycles. The lowest BCUT2D eigenvalue weighted by molar-refractivity contribution is -0.870. The Morgan fingerprint density at radius 3 is 1.56 bits per heavy atom. The summed E-state index contributed by atoms with van der Waals surface area (Å²) in [6.45, 7) is 4.59. The van der Waals surface area contributed by atoms with Gasteiger partial charge in [0.2, 0.25) is 5.91 Å². The van der Waals surface area contributed by atoms with Gasteiger partial charge in [-0.25, -0.2) is 0 Å². The van der Waals surface area contributed by atoms with E-state index in [0.717, 1.165) is 38.5 Å². The highest BCUT2D eigenvalue weighted by Gasteiger charge is 2.23. The van der Waals surface area contributed by atoms with Crippen LogP contribution >= 0.6 is 7.82 Å². The molecule has 0 saturated carbocycles. The standard InChI is InChI=1S/C43H83N2O6P/c1-6-8-10-12-14-16-18-20-21-22-23-25-27-29-31-33-35-37-43(47)44-41(40-51-52(48,49)50-39-38-45(3,4)5)42(46)36-34-32-30-28-26-24-19-17-15-13-11-9-7-2/h20-21,26,28,34,36,41-42,46H,6-19,22-25,27,29-33,35,37-40H2,1-5H3,(H-,44,47,48,49)/b21-20+,28-26+,36-34+/t41-,42+/m0/s1. The number of carbonyl (C=O) groups is 1. The third-order valence-electron chi connectivity index (χ3n) is 9.32. The van der Waals surface area contributed by atoms with Crippen LogP contribution in [0.15, 0.2) is 36.5 Å². The lowest BCUT2D eigenvalue weighted by Crippen LogP contribution is -2.45. The Morgan fingerprint density at radius 2 is 1.08 bits per heavy atom. The van der Waals surface area contributed by atoms with Crippen LogP contribution < -0.4 is 10.2 Å². The number of phosphoric ester groups is 1. The van der Waals surface area contributed by atoms with Gasteiger partial charge in [0.15, 0.2) is 0 Å². The molecule has 0 aliphatic heterocycles. The maximum Gasteiger partial charge on any atom is 0.268 e. The second-order valence-electron chi connectivity index (χ2n) is 15.7. The van der Waals surface area contributed by atoms with Crippen molar-refractivity contribution < 1.29 is 32.9 Å². The van der Waals surface area contributed by atoms with E-state index in [1.165, 1.54) is 122 Å². The molecule has 0 rings (SSSR count). The second-order valence-corrected chi connectivity index (χ2v) is 17.1. The van der Waals surface area contributed by atoms with Crippen molar-refractivity contribution in [2.45, 2.75) is 193 Å². The zero-order valence-electron chi connectivity index (χ0n) is 34.5. The van der Waals surface area contributed by atoms with Gasteiger partial charge in [-0.05, 0) is 57.8 Å². The third-order valence-corrected chi connectivity index (χ3v) is 10.3. The first kappa shape index (κ1) is 50.7. The van der Waals surface area contributed by atoms with Crippen LogP contribution in [-0.2, 0) is 18.4 Å². The summed E-state index contributed by atoms with van der Waals surface area (Å²) >= 11 is 0. The van der Waals surface area contributed by atoms with Gasteiger partial charge in [-0.3, -0.25) is 9.36 Å². The Hall–Kier alpha value is -1.28. The number of quaternary nitrogens is 1. The summed E-state index contributed by atoms with van der Waals surface area (Å²) in [4.78, 5) is 25.2. The number of unbranched alkanes of at least 4 members (excludes halogenated alkanes) is 21. The highest BCUT2D eigenvalue weighted by atomic mass is 31.2. The third kappa shape index (κ3) is 37.1. The number of nitrogens with zero attached hydrogens (tertiary/aromatic N) is 1. The van der Waals surface area contributed by atoms with Gasteiger partial charge in [0.25, 0.3) is 7.82 Å². The van der Waals surface area contributed by atoms with Crippen LogP contribution in [0, 0.1) is 0 Å². The van der Waals surface area contributed by atoms with Gasteiger partial charge in [0.1, 0.15) is 13.2 Å². The molecule has 0 spiro atoms. The number of rotatable bonds is 38. The monoisotopic (exact) mass is 755 g/mol. The molecule has 0 heterocycles. The van der Waals surface area contributed by atoms with Crippen molar-refractivity contribution in [2.75, 3.05) is 40.9 Å². The number of aliphatic hydroxyl groups is 1. The molecular weight excluding hydrogens is 671 g/mol. The lowest BCUT2D eigenvalue weighted by atomic mass is 10.1. The fourth-order valence-corrected chi connectivity index (χ4v) is 6.59. The minimum Gasteiger partial charge on any atom is -0.756 e. The van der Waals surface area contributed by atoms with Crippen LogP contribution in [-0.4, -0.2) is 68.5 Å². The molecule has 0 radical (unpaired) electrons. The zero-order valence-corrected chi connectivity index (χ0v) is 35.4. The van der Waals surface area contributed by atoms with Crippen LogP contribution in [0.1, 0.15) is 181 Å². The molecule has 3 atom stereocenters. The van der Waals surface area contributed by atoms with Crippen molar-refractivity contribution in [3.63, 3.8) is 0 Å². The molecule has 9 heteroatoms. The second kappa shape index (κ2) is 35.4. The van der Waals surface area contributed by atoms with Crippen molar-refractivity contribution in [2.24, 2.45) is 0 Å². The molecule has 306 valence electrons. The summed E-state index contributed by atoms with van der Waals surface area (Å²) in [6, 6.07) is -0.902. The van der Waals surface area contributed by atoms with Crippen LogP contribution in [0.2, 0.25) is 0 Å². The van der Waals surface area contributed by atoms with Crippen LogP contribution in [0.4, 0.5) is 0 Å². The van der Waals surface area contributed by atoms with Crippen LogP contribution in [0.25, 0.3) is 0 Å². The Kier molecular flexibility index (Phi) is 34.6. The van der Waals surface area contributed by atoms with Gasteiger partial charge in [-0.1, -0.05) is 153 Å². The highest BCUT2D eigenvalue weighted by Crippen LogP contribution is 2.38. The lowest BCUT2D eigenvalue weighted by Gasteiger charge is -2.29. The zero-order chi connectivity index (χ0) is 38.6. The number of allylic oxidation sites excluding steroid dienone is 5. The molecule has 0 aliphatic carbocycles. The Labute approximate surface area is 321 Å². The number of nitrogens with one attached hydrogen (secondary N) is 1. The molecule has 8 nitrogen and oxygen atoms in total. The van der Waals surface area contributed by atoms with Gasteiger partial charge in [0, 0.05) is 6.42 Å². The van der Waals surface area contributed by atoms with Crippen LogP contribution in [0.3, 0.4) is 0 Å². The van der Waals surface area contributed by atoms with Gasteiger partial charge in [0.05, 0.1) is 39.9 Å². The molecule has 0 aromatic rings. The van der Waals surface area contributed by atoms with Crippen LogP contribution in [0.5, 0.6) is 0 Å². The quantitative estimate of drug-likeness (QED) is 0.0281. The molecule has 0 aromatic carbocycles. The van der Waals surface area contributed by atoms with E-state index in [0.29, 0.717) is 17.4 Å². The largest absolute Gasteiger partial charge is 0.756 e. The molecule has 1 unspecified atom stereocenters. The summed E-state index contributed by atoms with van der Waals surface area (Å²) in [7, 11) is 1.24. The fourth-order valence-electron chi connectivity index (χ4n) is 5.87. The van der Waals surface area contributed by atoms with Gasteiger partial charge in [-0.2, -0.15) is 0 Å². The van der Waals surface area contributed by atoms with E-state index in [1.807, 2.05) is 27.2 Å². The minimum atomic E-state index is -4.59. The van der Waals surface area contributed by atoms with Crippen molar-refractivity contribution >= 4 is 13.7 Å². The van der Waals surface area contributed by atoms with E-state index in [9.17, 15) is 19.4 Å². The number of likely N-dealkylation sites (N-methyl/N-ethyl adjacent to an activating group) is 1. The predicted octanol–water partition coefficient (Wildman–Crippen LogP) is 10.9. The Morgan fingerprint density at radius 1 is 0.654 bits per heavy atom. The number of phosphoric acid groups is 1. The Bertz CT molecular complexity index is 948. The van der Waals surface area contributed by atoms with Gasteiger partial charge < -0.3 is 28.8 Å². The molecule has 1 amide bonds. The maximum absolute atomic E-state index is 12.8. The van der Waals surface area contributed by atoms with E-state index in [1.54, 1.807) is 6.08 Å². The van der Waals surface area contributed by atoms with Crippen molar-refractivity contribution in [1.29, 1.82) is 0 Å². The Balaban J connectivity index is 4.49. The minimum absolute atomic E-state index is 0.00735. The van der Waals surface area contributed by atoms with E-state index < -0.39 is 26.6 Å². The molecule has 0 saturated heterocycles. The van der Waals surface area contributed by atoms with E-state index >= 15 is 0 Å². The van der Waals surface area contributed by atoms with Gasteiger partial charge in [-0.15, -0.1) is 0 Å². The van der Waals surface area contributed by atoms with E-state index in [2.05, 4.69) is 43.5 Å². The van der Waals surface area contributed by atoms with E-state index in [-0.39, 0.29) is 12.5 Å². The molecule has 0 aliphatic rings. The molecule has 2 N–H and O–H groups in total. The normalized spacial score (nSPS) is 14.8. The highest BCUT2D eigenvalue weighted by molar-refractivity contribution is 7.45.